The van der Waals surface area contributed by atoms with Gasteiger partial charge in [0.2, 0.25) is 5.95 Å². The van der Waals surface area contributed by atoms with E-state index in [2.05, 4.69) is 32.3 Å². The summed E-state index contributed by atoms with van der Waals surface area (Å²) >= 11 is 0. The van der Waals surface area contributed by atoms with Gasteiger partial charge in [-0.05, 0) is 49.8 Å². The van der Waals surface area contributed by atoms with E-state index in [0.717, 1.165) is 36.9 Å². The van der Waals surface area contributed by atoms with Crippen LogP contribution in [0.4, 0.5) is 5.95 Å². The molecule has 0 unspecified atom stereocenters. The Morgan fingerprint density at radius 1 is 1.04 bits per heavy atom. The molecule has 0 spiro atoms. The molecule has 132 valence electrons. The highest BCUT2D eigenvalue weighted by Crippen LogP contribution is 2.46. The number of benzene rings is 1. The number of rotatable bonds is 6. The maximum atomic E-state index is 5.25. The molecule has 25 heavy (non-hydrogen) atoms. The van der Waals surface area contributed by atoms with Gasteiger partial charge in [-0.3, -0.25) is 0 Å². The van der Waals surface area contributed by atoms with E-state index < -0.39 is 0 Å². The van der Waals surface area contributed by atoms with Crippen molar-refractivity contribution < 1.29 is 4.74 Å². The lowest BCUT2D eigenvalue weighted by Crippen LogP contribution is -2.31. The molecule has 0 bridgehead atoms. The SMILES string of the molecule is COc1ccc(C2(NCc3cnc(N4CCCCC4)nc3)CC2)cc1. The Kier molecular flexibility index (Phi) is 4.57. The van der Waals surface area contributed by atoms with Crippen LogP contribution in [-0.4, -0.2) is 30.2 Å². The number of nitrogens with zero attached hydrogens (tertiary/aromatic N) is 3. The van der Waals surface area contributed by atoms with Crippen LogP contribution >= 0.6 is 0 Å². The summed E-state index contributed by atoms with van der Waals surface area (Å²) in [6, 6.07) is 8.39. The Balaban J connectivity index is 1.37. The van der Waals surface area contributed by atoms with E-state index in [4.69, 9.17) is 4.74 Å². The van der Waals surface area contributed by atoms with Gasteiger partial charge in [0.1, 0.15) is 5.75 Å². The third-order valence-electron chi connectivity index (χ3n) is 5.35. The van der Waals surface area contributed by atoms with Gasteiger partial charge < -0.3 is 15.0 Å². The highest BCUT2D eigenvalue weighted by Gasteiger charge is 2.43. The zero-order valence-electron chi connectivity index (χ0n) is 14.9. The standard InChI is InChI=1S/C20H26N4O/c1-25-18-7-5-17(6-8-18)20(9-10-20)23-15-16-13-21-19(22-14-16)24-11-3-2-4-12-24/h5-8,13-14,23H,2-4,9-12,15H2,1H3. The molecule has 5 nitrogen and oxygen atoms in total. The third kappa shape index (κ3) is 3.61. The average molecular weight is 338 g/mol. The fourth-order valence-electron chi connectivity index (χ4n) is 3.57. The number of anilines is 1. The van der Waals surface area contributed by atoms with E-state index in [1.165, 1.54) is 37.7 Å². The lowest BCUT2D eigenvalue weighted by molar-refractivity contribution is 0.414. The molecule has 1 aliphatic heterocycles. The van der Waals surface area contributed by atoms with Gasteiger partial charge in [0.25, 0.3) is 0 Å². The van der Waals surface area contributed by atoms with Crippen molar-refractivity contribution in [3.63, 3.8) is 0 Å². The maximum absolute atomic E-state index is 5.25. The van der Waals surface area contributed by atoms with Gasteiger partial charge in [0, 0.05) is 43.1 Å². The second-order valence-electron chi connectivity index (χ2n) is 7.10. The van der Waals surface area contributed by atoms with Gasteiger partial charge in [0.15, 0.2) is 0 Å². The van der Waals surface area contributed by atoms with E-state index in [1.807, 2.05) is 24.5 Å². The first-order chi connectivity index (χ1) is 12.3. The maximum Gasteiger partial charge on any atom is 0.225 e. The van der Waals surface area contributed by atoms with Crippen molar-refractivity contribution in [3.05, 3.63) is 47.8 Å². The minimum absolute atomic E-state index is 0.109. The number of nitrogens with one attached hydrogen (secondary N) is 1. The Hall–Kier alpha value is -2.14. The lowest BCUT2D eigenvalue weighted by atomic mass is 10.0. The molecule has 4 rings (SSSR count). The van der Waals surface area contributed by atoms with Crippen molar-refractivity contribution in [2.75, 3.05) is 25.1 Å². The van der Waals surface area contributed by atoms with Crippen LogP contribution in [0.1, 0.15) is 43.2 Å². The summed E-state index contributed by atoms with van der Waals surface area (Å²) in [5.41, 5.74) is 2.58. The van der Waals surface area contributed by atoms with Crippen molar-refractivity contribution in [1.82, 2.24) is 15.3 Å². The number of hydrogen-bond donors (Lipinski definition) is 1. The molecule has 0 amide bonds. The lowest BCUT2D eigenvalue weighted by Gasteiger charge is -2.26. The third-order valence-corrected chi connectivity index (χ3v) is 5.35. The Morgan fingerprint density at radius 2 is 1.72 bits per heavy atom. The van der Waals surface area contributed by atoms with Crippen LogP contribution in [0, 0.1) is 0 Å². The van der Waals surface area contributed by atoms with Crippen molar-refractivity contribution in [2.45, 2.75) is 44.2 Å². The first-order valence-electron chi connectivity index (χ1n) is 9.24. The minimum atomic E-state index is 0.109. The van der Waals surface area contributed by atoms with Crippen molar-refractivity contribution in [2.24, 2.45) is 0 Å². The van der Waals surface area contributed by atoms with Gasteiger partial charge in [0.05, 0.1) is 7.11 Å². The number of methoxy groups -OCH3 is 1. The number of ether oxygens (including phenoxy) is 1. The molecule has 2 heterocycles. The smallest absolute Gasteiger partial charge is 0.225 e. The van der Waals surface area contributed by atoms with Crippen LogP contribution in [0.5, 0.6) is 5.75 Å². The summed E-state index contributed by atoms with van der Waals surface area (Å²) in [5, 5.41) is 3.70. The normalized spacial score (nSPS) is 18.8. The van der Waals surface area contributed by atoms with Gasteiger partial charge >= 0.3 is 0 Å². The summed E-state index contributed by atoms with van der Waals surface area (Å²) in [6.07, 6.45) is 10.1. The van der Waals surface area contributed by atoms with Gasteiger partial charge in [-0.2, -0.15) is 0 Å². The number of hydrogen-bond acceptors (Lipinski definition) is 5. The molecule has 1 aromatic carbocycles. The number of aromatic nitrogens is 2. The quantitative estimate of drug-likeness (QED) is 0.876. The molecule has 1 aromatic heterocycles. The summed E-state index contributed by atoms with van der Waals surface area (Å²) in [7, 11) is 1.70. The van der Waals surface area contributed by atoms with Crippen LogP contribution in [0.15, 0.2) is 36.7 Å². The molecule has 0 radical (unpaired) electrons. The molecule has 1 saturated heterocycles. The summed E-state index contributed by atoms with van der Waals surface area (Å²) in [5.74, 6) is 1.78. The van der Waals surface area contributed by atoms with Gasteiger partial charge in [-0.25, -0.2) is 9.97 Å². The van der Waals surface area contributed by atoms with E-state index >= 15 is 0 Å². The second kappa shape index (κ2) is 7.00. The summed E-state index contributed by atoms with van der Waals surface area (Å²) in [6.45, 7) is 2.96. The van der Waals surface area contributed by atoms with Crippen molar-refractivity contribution in [1.29, 1.82) is 0 Å². The van der Waals surface area contributed by atoms with Gasteiger partial charge in [-0.15, -0.1) is 0 Å². The summed E-state index contributed by atoms with van der Waals surface area (Å²) in [4.78, 5) is 11.4. The fourth-order valence-corrected chi connectivity index (χ4v) is 3.57. The van der Waals surface area contributed by atoms with Gasteiger partial charge in [-0.1, -0.05) is 12.1 Å². The van der Waals surface area contributed by atoms with E-state index in [-0.39, 0.29) is 5.54 Å². The summed E-state index contributed by atoms with van der Waals surface area (Å²) < 4.78 is 5.25. The molecule has 1 saturated carbocycles. The first kappa shape index (κ1) is 16.3. The highest BCUT2D eigenvalue weighted by molar-refractivity contribution is 5.36. The topological polar surface area (TPSA) is 50.3 Å². The first-order valence-corrected chi connectivity index (χ1v) is 9.24. The van der Waals surface area contributed by atoms with E-state index in [9.17, 15) is 0 Å². The average Bonchev–Trinajstić information content (AvgIpc) is 3.49. The molecular formula is C20H26N4O. The highest BCUT2D eigenvalue weighted by atomic mass is 16.5. The second-order valence-corrected chi connectivity index (χ2v) is 7.10. The zero-order chi connectivity index (χ0) is 17.1. The Morgan fingerprint density at radius 3 is 2.32 bits per heavy atom. The zero-order valence-corrected chi connectivity index (χ0v) is 14.9. The fraction of sp³-hybridized carbons (Fsp3) is 0.500. The molecule has 1 aliphatic carbocycles. The molecule has 2 fully saturated rings. The van der Waals surface area contributed by atoms with Crippen LogP contribution in [0.3, 0.4) is 0 Å². The monoisotopic (exact) mass is 338 g/mol. The molecule has 1 N–H and O–H groups in total. The van der Waals surface area contributed by atoms with Crippen LogP contribution in [0.25, 0.3) is 0 Å². The Labute approximate surface area is 149 Å². The Bertz CT molecular complexity index is 689. The molecule has 2 aliphatic rings. The predicted molar refractivity (Wildman–Crippen MR) is 98.8 cm³/mol. The minimum Gasteiger partial charge on any atom is -0.497 e. The van der Waals surface area contributed by atoms with Crippen LogP contribution in [-0.2, 0) is 12.1 Å². The molecule has 0 atom stereocenters. The largest absolute Gasteiger partial charge is 0.497 e. The molecular weight excluding hydrogens is 312 g/mol. The number of piperidine rings is 1. The van der Waals surface area contributed by atoms with E-state index in [1.54, 1.807) is 7.11 Å². The van der Waals surface area contributed by atoms with Crippen LogP contribution < -0.4 is 15.0 Å². The van der Waals surface area contributed by atoms with Crippen LogP contribution in [0.2, 0.25) is 0 Å². The van der Waals surface area contributed by atoms with E-state index in [0.29, 0.717) is 0 Å². The molecule has 2 aromatic rings. The van der Waals surface area contributed by atoms with Crippen molar-refractivity contribution >= 4 is 5.95 Å². The van der Waals surface area contributed by atoms with Crippen molar-refractivity contribution in [3.8, 4) is 5.75 Å². The molecule has 5 heteroatoms. The predicted octanol–water partition coefficient (Wildman–Crippen LogP) is 3.25.